The standard InChI is InChI=1S/C34H45N7O9/c1-2-20-49-34(48)39-18-16-38(17-19-39)33(47)25(13-14-30(43)44)36-31(45)26-21-29(41(37-26)24-10-4-3-5-11-24)50-22-28(42)40-15-7-12-27(40)32(46)35-23-8-6-9-23/h3-5,10-11,21,23,25,27H,2,6-9,12-20,22H2,1H3,(H,35,46)(H,36,45)(H,43,44)/t25-,27-/m0/s1. The molecular weight excluding hydrogens is 650 g/mol. The van der Waals surface area contributed by atoms with Crippen LogP contribution in [0.15, 0.2) is 36.4 Å². The molecular formula is C34H45N7O9. The molecule has 3 N–H and O–H groups in total. The van der Waals surface area contributed by atoms with E-state index < -0.39 is 42.6 Å². The molecule has 0 bridgehead atoms. The first-order valence-electron chi connectivity index (χ1n) is 17.3. The number of likely N-dealkylation sites (tertiary alicyclic amines) is 1. The summed E-state index contributed by atoms with van der Waals surface area (Å²) in [6, 6.07) is 8.58. The Balaban J connectivity index is 1.26. The highest BCUT2D eigenvalue weighted by Gasteiger charge is 2.36. The van der Waals surface area contributed by atoms with Gasteiger partial charge in [0, 0.05) is 51.3 Å². The molecule has 5 amide bonds. The van der Waals surface area contributed by atoms with Gasteiger partial charge in [0.1, 0.15) is 12.1 Å². The summed E-state index contributed by atoms with van der Waals surface area (Å²) in [6.07, 6.45) is 3.92. The maximum absolute atomic E-state index is 13.6. The Morgan fingerprint density at radius 1 is 0.960 bits per heavy atom. The van der Waals surface area contributed by atoms with Gasteiger partial charge in [0.05, 0.1) is 12.3 Å². The van der Waals surface area contributed by atoms with Gasteiger partial charge in [-0.15, -0.1) is 0 Å². The average molecular weight is 696 g/mol. The zero-order valence-corrected chi connectivity index (χ0v) is 28.3. The van der Waals surface area contributed by atoms with Crippen molar-refractivity contribution in [3.8, 4) is 11.6 Å². The summed E-state index contributed by atoms with van der Waals surface area (Å²) >= 11 is 0. The molecule has 0 unspecified atom stereocenters. The highest BCUT2D eigenvalue weighted by atomic mass is 16.6. The van der Waals surface area contributed by atoms with Gasteiger partial charge in [0.25, 0.3) is 11.8 Å². The molecule has 2 aliphatic heterocycles. The van der Waals surface area contributed by atoms with Gasteiger partial charge in [0.2, 0.25) is 17.7 Å². The van der Waals surface area contributed by atoms with Crippen molar-refractivity contribution < 1.29 is 43.3 Å². The van der Waals surface area contributed by atoms with Gasteiger partial charge in [-0.1, -0.05) is 25.1 Å². The number of carboxylic acids is 1. The number of rotatable bonds is 14. The van der Waals surface area contributed by atoms with E-state index in [4.69, 9.17) is 9.47 Å². The summed E-state index contributed by atoms with van der Waals surface area (Å²) in [5, 5.41) is 19.4. The number of hydrogen-bond acceptors (Lipinski definition) is 9. The van der Waals surface area contributed by atoms with Crippen LogP contribution < -0.4 is 15.4 Å². The highest BCUT2D eigenvalue weighted by molar-refractivity contribution is 5.96. The van der Waals surface area contributed by atoms with E-state index in [1.807, 2.05) is 6.92 Å². The Bertz CT molecular complexity index is 1540. The fraction of sp³-hybridized carbons (Fsp3) is 0.559. The zero-order chi connectivity index (χ0) is 35.6. The molecule has 2 saturated heterocycles. The number of aromatic nitrogens is 2. The van der Waals surface area contributed by atoms with E-state index in [0.29, 0.717) is 38.1 Å². The molecule has 1 aromatic heterocycles. The lowest BCUT2D eigenvalue weighted by atomic mass is 9.93. The smallest absolute Gasteiger partial charge is 0.409 e. The van der Waals surface area contributed by atoms with E-state index in [1.165, 1.54) is 25.4 Å². The molecule has 5 rings (SSSR count). The Morgan fingerprint density at radius 3 is 2.34 bits per heavy atom. The van der Waals surface area contributed by atoms with Crippen molar-refractivity contribution in [1.82, 2.24) is 35.1 Å². The number of benzene rings is 1. The minimum atomic E-state index is -1.18. The molecule has 1 aliphatic carbocycles. The number of hydrogen-bond donors (Lipinski definition) is 3. The summed E-state index contributed by atoms with van der Waals surface area (Å²) < 4.78 is 12.5. The second-order valence-electron chi connectivity index (χ2n) is 12.7. The van der Waals surface area contributed by atoms with Gasteiger partial charge in [-0.05, 0) is 57.1 Å². The lowest BCUT2D eigenvalue weighted by molar-refractivity contribution is -0.140. The quantitative estimate of drug-likeness (QED) is 0.261. The first-order chi connectivity index (χ1) is 24.1. The number of carbonyl (C=O) groups excluding carboxylic acids is 5. The molecule has 2 atom stereocenters. The normalized spacial score (nSPS) is 18.2. The minimum Gasteiger partial charge on any atom is -0.481 e. The van der Waals surface area contributed by atoms with E-state index in [9.17, 15) is 33.9 Å². The monoisotopic (exact) mass is 695 g/mol. The van der Waals surface area contributed by atoms with Crippen LogP contribution in [-0.2, 0) is 23.9 Å². The molecule has 0 spiro atoms. The van der Waals surface area contributed by atoms with Crippen LogP contribution in [0.4, 0.5) is 4.79 Å². The number of amides is 5. The summed E-state index contributed by atoms with van der Waals surface area (Å²) in [5.41, 5.74) is 0.425. The number of carboxylic acid groups (broad SMARTS) is 1. The molecule has 50 heavy (non-hydrogen) atoms. The molecule has 16 heteroatoms. The molecule has 270 valence electrons. The van der Waals surface area contributed by atoms with E-state index >= 15 is 0 Å². The molecule has 1 aromatic carbocycles. The SMILES string of the molecule is CCCOC(=O)N1CCN(C(=O)[C@H](CCC(=O)O)NC(=O)c2cc(OCC(=O)N3CCC[C@H]3C(=O)NC3CCC3)n(-c3ccccc3)n2)CC1. The number of ether oxygens (including phenoxy) is 2. The van der Waals surface area contributed by atoms with E-state index in [0.717, 1.165) is 19.3 Å². The Labute approximate surface area is 290 Å². The molecule has 2 aromatic rings. The maximum Gasteiger partial charge on any atom is 0.409 e. The first kappa shape index (κ1) is 36.1. The molecule has 3 aliphatic rings. The fourth-order valence-electron chi connectivity index (χ4n) is 6.11. The second-order valence-corrected chi connectivity index (χ2v) is 12.7. The predicted octanol–water partition coefficient (Wildman–Crippen LogP) is 1.56. The summed E-state index contributed by atoms with van der Waals surface area (Å²) in [4.78, 5) is 81.4. The number of nitrogens with one attached hydrogen (secondary N) is 2. The van der Waals surface area contributed by atoms with Crippen LogP contribution in [0, 0.1) is 0 Å². The van der Waals surface area contributed by atoms with Crippen LogP contribution in [0.1, 0.15) is 68.8 Å². The van der Waals surface area contributed by atoms with Gasteiger partial charge in [-0.3, -0.25) is 24.0 Å². The van der Waals surface area contributed by atoms with Crippen molar-refractivity contribution in [3.63, 3.8) is 0 Å². The largest absolute Gasteiger partial charge is 0.481 e. The number of nitrogens with zero attached hydrogens (tertiary/aromatic N) is 5. The molecule has 1 saturated carbocycles. The molecule has 0 radical (unpaired) electrons. The van der Waals surface area contributed by atoms with Crippen molar-refractivity contribution in [2.24, 2.45) is 0 Å². The number of para-hydroxylation sites is 1. The van der Waals surface area contributed by atoms with E-state index in [1.54, 1.807) is 30.3 Å². The van der Waals surface area contributed by atoms with Gasteiger partial charge in [-0.25, -0.2) is 9.48 Å². The minimum absolute atomic E-state index is 0.0869. The summed E-state index contributed by atoms with van der Waals surface area (Å²) in [6.45, 7) is 3.06. The third kappa shape index (κ3) is 9.09. The van der Waals surface area contributed by atoms with E-state index in [2.05, 4.69) is 15.7 Å². The Kier molecular flexibility index (Phi) is 12.3. The maximum atomic E-state index is 13.6. The number of carbonyl (C=O) groups is 6. The Hall–Kier alpha value is -5.15. The van der Waals surface area contributed by atoms with Gasteiger partial charge in [-0.2, -0.15) is 5.10 Å². The van der Waals surface area contributed by atoms with Gasteiger partial charge >= 0.3 is 12.1 Å². The number of piperazine rings is 1. The van der Waals surface area contributed by atoms with Crippen LogP contribution in [0.25, 0.3) is 5.69 Å². The van der Waals surface area contributed by atoms with Gasteiger partial charge < -0.3 is 39.9 Å². The van der Waals surface area contributed by atoms with Crippen LogP contribution in [0.2, 0.25) is 0 Å². The first-order valence-corrected chi connectivity index (χ1v) is 17.3. The van der Waals surface area contributed by atoms with Crippen LogP contribution in [-0.4, -0.2) is 129 Å². The van der Waals surface area contributed by atoms with Crippen molar-refractivity contribution in [1.29, 1.82) is 0 Å². The highest BCUT2D eigenvalue weighted by Crippen LogP contribution is 2.24. The third-order valence-corrected chi connectivity index (χ3v) is 9.11. The second kappa shape index (κ2) is 17.0. The van der Waals surface area contributed by atoms with Gasteiger partial charge in [0.15, 0.2) is 12.3 Å². The zero-order valence-electron chi connectivity index (χ0n) is 28.3. The number of aliphatic carboxylic acids is 1. The predicted molar refractivity (Wildman–Crippen MR) is 177 cm³/mol. The van der Waals surface area contributed by atoms with Crippen molar-refractivity contribution in [3.05, 3.63) is 42.1 Å². The molecule has 3 fully saturated rings. The lowest BCUT2D eigenvalue weighted by Crippen LogP contribution is -2.56. The average Bonchev–Trinajstić information content (AvgIpc) is 3.78. The van der Waals surface area contributed by atoms with Crippen molar-refractivity contribution >= 4 is 35.7 Å². The molecule has 16 nitrogen and oxygen atoms in total. The van der Waals surface area contributed by atoms with Crippen molar-refractivity contribution in [2.75, 3.05) is 45.9 Å². The summed E-state index contributed by atoms with van der Waals surface area (Å²) in [7, 11) is 0. The topological polar surface area (TPSA) is 193 Å². The van der Waals surface area contributed by atoms with Crippen LogP contribution in [0.5, 0.6) is 5.88 Å². The van der Waals surface area contributed by atoms with Crippen LogP contribution >= 0.6 is 0 Å². The van der Waals surface area contributed by atoms with Crippen molar-refractivity contribution in [2.45, 2.75) is 76.4 Å². The third-order valence-electron chi connectivity index (χ3n) is 9.11. The van der Waals surface area contributed by atoms with E-state index in [-0.39, 0.29) is 68.5 Å². The summed E-state index contributed by atoms with van der Waals surface area (Å²) in [5.74, 6) is -2.79. The fourth-order valence-corrected chi connectivity index (χ4v) is 6.11. The Morgan fingerprint density at radius 2 is 1.68 bits per heavy atom. The molecule has 3 heterocycles. The van der Waals surface area contributed by atoms with Crippen LogP contribution in [0.3, 0.4) is 0 Å². The lowest BCUT2D eigenvalue weighted by Gasteiger charge is -2.36.